The molecule has 2 aromatic carbocycles. The van der Waals surface area contributed by atoms with E-state index in [0.29, 0.717) is 42.3 Å². The third-order valence-corrected chi connectivity index (χ3v) is 4.65. The van der Waals surface area contributed by atoms with Gasteiger partial charge >= 0.3 is 11.5 Å². The Morgan fingerprint density at radius 2 is 1.14 bits per heavy atom. The molecular weight excluding hydrogens is 420 g/mol. The molecule has 0 unspecified atom stereocenters. The van der Waals surface area contributed by atoms with E-state index in [0.717, 1.165) is 0 Å². The van der Waals surface area contributed by atoms with Crippen LogP contribution in [0.1, 0.15) is 0 Å². The van der Waals surface area contributed by atoms with E-state index >= 15 is 0 Å². The van der Waals surface area contributed by atoms with Crippen LogP contribution in [0.15, 0.2) is 51.6 Å². The summed E-state index contributed by atoms with van der Waals surface area (Å²) in [4.78, 5) is 28.2. The van der Waals surface area contributed by atoms with Crippen LogP contribution in [0.5, 0.6) is 0 Å². The van der Waals surface area contributed by atoms with E-state index in [1.54, 1.807) is 24.3 Å². The van der Waals surface area contributed by atoms with Crippen LogP contribution in [0.2, 0.25) is 0 Å². The van der Waals surface area contributed by atoms with Gasteiger partial charge in [-0.05, 0) is 24.3 Å². The average molecular weight is 426 g/mol. The van der Waals surface area contributed by atoms with Gasteiger partial charge in [0, 0.05) is 20.1 Å². The maximum atomic E-state index is 11.5. The first-order chi connectivity index (χ1) is 10.5. The number of halogens is 2. The van der Waals surface area contributed by atoms with Gasteiger partial charge in [0.2, 0.25) is 0 Å². The molecule has 0 saturated carbocycles. The molecule has 0 atom stereocenters. The monoisotopic (exact) mass is 424 g/mol. The van der Waals surface area contributed by atoms with Crippen LogP contribution in [0.3, 0.4) is 0 Å². The summed E-state index contributed by atoms with van der Waals surface area (Å²) in [5, 5.41) is 0. The van der Waals surface area contributed by atoms with E-state index in [-0.39, 0.29) is 0 Å². The van der Waals surface area contributed by atoms with Gasteiger partial charge < -0.3 is 8.83 Å². The lowest BCUT2D eigenvalue weighted by Crippen LogP contribution is -1.92. The lowest BCUT2D eigenvalue weighted by molar-refractivity contribution is 0.552. The van der Waals surface area contributed by atoms with Crippen LogP contribution in [0, 0.1) is 0 Å². The quantitative estimate of drug-likeness (QED) is 0.485. The van der Waals surface area contributed by atoms with Gasteiger partial charge in [0.05, 0.1) is 11.0 Å². The lowest BCUT2D eigenvalue weighted by atomic mass is 10.0. The summed E-state index contributed by atoms with van der Waals surface area (Å²) in [5.74, 6) is -1.10. The van der Waals surface area contributed by atoms with E-state index < -0.39 is 11.5 Å². The minimum atomic E-state index is -0.548. The Hall–Kier alpha value is -2.06. The van der Waals surface area contributed by atoms with Crippen molar-refractivity contribution in [2.75, 3.05) is 0 Å². The molecule has 0 amide bonds. The molecule has 2 heterocycles. The van der Waals surface area contributed by atoms with E-state index in [2.05, 4.69) is 41.8 Å². The van der Waals surface area contributed by atoms with Crippen LogP contribution in [-0.2, 0) is 0 Å². The Morgan fingerprint density at radius 1 is 0.727 bits per heavy atom. The summed E-state index contributed by atoms with van der Waals surface area (Å²) in [5.41, 5.74) is 3.13. The van der Waals surface area contributed by atoms with Gasteiger partial charge in [-0.25, -0.2) is 9.59 Å². The van der Waals surface area contributed by atoms with Crippen molar-refractivity contribution in [3.63, 3.8) is 0 Å². The molecule has 0 fully saturated rings. The Bertz CT molecular complexity index is 1060. The number of hydrogen-bond donors (Lipinski definition) is 2. The van der Waals surface area contributed by atoms with Crippen molar-refractivity contribution in [1.29, 1.82) is 0 Å². The highest BCUT2D eigenvalue weighted by Gasteiger charge is 2.20. The first-order valence-corrected chi connectivity index (χ1v) is 7.76. The molecule has 0 aliphatic rings. The Kier molecular flexibility index (Phi) is 2.92. The average Bonchev–Trinajstić information content (AvgIpc) is 3.01. The fourth-order valence-corrected chi connectivity index (χ4v) is 3.47. The number of rotatable bonds is 1. The standard InChI is InChI=1S/C14H6Br2N2O4/c15-5-1-3-7-11(21-13(19)17-7)9(5)10-6(16)2-4-8-12(10)22-14(20)18-8/h1-4H,(H,17,19)(H,18,20). The van der Waals surface area contributed by atoms with Crippen LogP contribution < -0.4 is 11.5 Å². The Balaban J connectivity index is 2.24. The number of hydrogen-bond acceptors (Lipinski definition) is 4. The van der Waals surface area contributed by atoms with E-state index in [1.165, 1.54) is 0 Å². The highest BCUT2D eigenvalue weighted by Crippen LogP contribution is 2.41. The third-order valence-electron chi connectivity index (χ3n) is 3.33. The number of nitrogens with one attached hydrogen (secondary N) is 2. The molecule has 2 N–H and O–H groups in total. The summed E-state index contributed by atoms with van der Waals surface area (Å²) < 4.78 is 11.9. The molecule has 8 heteroatoms. The van der Waals surface area contributed by atoms with Gasteiger partial charge in [-0.2, -0.15) is 0 Å². The number of aromatic amines is 2. The fourth-order valence-electron chi connectivity index (χ4n) is 2.45. The fraction of sp³-hybridized carbons (Fsp3) is 0. The molecule has 0 radical (unpaired) electrons. The normalized spacial score (nSPS) is 11.5. The second kappa shape index (κ2) is 4.72. The van der Waals surface area contributed by atoms with Gasteiger partial charge in [0.15, 0.2) is 11.2 Å². The van der Waals surface area contributed by atoms with Gasteiger partial charge in [-0.15, -0.1) is 0 Å². The van der Waals surface area contributed by atoms with Crippen LogP contribution >= 0.6 is 31.9 Å². The molecule has 6 nitrogen and oxygen atoms in total. The predicted octanol–water partition coefficient (Wildman–Crippen LogP) is 3.75. The molecule has 110 valence electrons. The summed E-state index contributed by atoms with van der Waals surface area (Å²) in [6, 6.07) is 7.04. The molecule has 4 rings (SSSR count). The van der Waals surface area contributed by atoms with Crippen LogP contribution in [0.25, 0.3) is 33.3 Å². The summed E-state index contributed by atoms with van der Waals surface area (Å²) in [6.07, 6.45) is 0. The third kappa shape index (κ3) is 1.91. The molecule has 0 bridgehead atoms. The highest BCUT2D eigenvalue weighted by atomic mass is 79.9. The van der Waals surface area contributed by atoms with E-state index in [1.807, 2.05) is 0 Å². The first-order valence-electron chi connectivity index (χ1n) is 6.17. The largest absolute Gasteiger partial charge is 0.417 e. The molecule has 2 aromatic heterocycles. The van der Waals surface area contributed by atoms with Crippen molar-refractivity contribution in [1.82, 2.24) is 9.97 Å². The van der Waals surface area contributed by atoms with Crippen molar-refractivity contribution in [2.24, 2.45) is 0 Å². The summed E-state index contributed by atoms with van der Waals surface area (Å²) >= 11 is 6.93. The smallest absolute Gasteiger partial charge is 0.407 e. The molecule has 0 saturated heterocycles. The Morgan fingerprint density at radius 3 is 1.55 bits per heavy atom. The van der Waals surface area contributed by atoms with Gasteiger partial charge in [-0.1, -0.05) is 31.9 Å². The summed E-state index contributed by atoms with van der Waals surface area (Å²) in [6.45, 7) is 0. The van der Waals surface area contributed by atoms with Gasteiger partial charge in [-0.3, -0.25) is 9.97 Å². The van der Waals surface area contributed by atoms with E-state index in [4.69, 9.17) is 8.83 Å². The number of fused-ring (bicyclic) bond motifs is 2. The first kappa shape index (κ1) is 13.6. The maximum absolute atomic E-state index is 11.5. The highest BCUT2D eigenvalue weighted by molar-refractivity contribution is 9.11. The zero-order valence-electron chi connectivity index (χ0n) is 10.7. The van der Waals surface area contributed by atoms with Crippen molar-refractivity contribution >= 4 is 54.1 Å². The number of aromatic nitrogens is 2. The van der Waals surface area contributed by atoms with Gasteiger partial charge in [0.25, 0.3) is 0 Å². The predicted molar refractivity (Wildman–Crippen MR) is 88.1 cm³/mol. The SMILES string of the molecule is O=c1[nH]c2ccc(Br)c(-c3c(Br)ccc4[nH]c(=O)oc34)c2o1. The minimum absolute atomic E-state index is 0.386. The lowest BCUT2D eigenvalue weighted by Gasteiger charge is -2.08. The van der Waals surface area contributed by atoms with Crippen LogP contribution in [-0.4, -0.2) is 9.97 Å². The molecular formula is C14H6Br2N2O4. The minimum Gasteiger partial charge on any atom is -0.407 e. The second-order valence-corrected chi connectivity index (χ2v) is 6.34. The molecule has 22 heavy (non-hydrogen) atoms. The van der Waals surface area contributed by atoms with Crippen molar-refractivity contribution in [3.05, 3.63) is 54.3 Å². The maximum Gasteiger partial charge on any atom is 0.417 e. The van der Waals surface area contributed by atoms with Gasteiger partial charge in [0.1, 0.15) is 0 Å². The van der Waals surface area contributed by atoms with E-state index in [9.17, 15) is 9.59 Å². The van der Waals surface area contributed by atoms with Crippen molar-refractivity contribution in [3.8, 4) is 11.1 Å². The topological polar surface area (TPSA) is 92.0 Å². The zero-order valence-corrected chi connectivity index (χ0v) is 13.9. The second-order valence-electron chi connectivity index (χ2n) is 4.63. The number of benzene rings is 2. The van der Waals surface area contributed by atoms with Crippen molar-refractivity contribution < 1.29 is 8.83 Å². The molecule has 0 spiro atoms. The number of H-pyrrole nitrogens is 2. The van der Waals surface area contributed by atoms with Crippen LogP contribution in [0.4, 0.5) is 0 Å². The van der Waals surface area contributed by atoms with Crippen molar-refractivity contribution in [2.45, 2.75) is 0 Å². The molecule has 4 aromatic rings. The Labute approximate surface area is 138 Å². The molecule has 0 aliphatic heterocycles. The zero-order chi connectivity index (χ0) is 15.4. The number of oxazole rings is 2. The molecule has 0 aliphatic carbocycles. The summed E-state index contributed by atoms with van der Waals surface area (Å²) in [7, 11) is 0.